The van der Waals surface area contributed by atoms with Crippen LogP contribution >= 0.6 is 0 Å². The highest BCUT2D eigenvalue weighted by Gasteiger charge is 2.30. The van der Waals surface area contributed by atoms with Crippen LogP contribution < -0.4 is 4.90 Å². The van der Waals surface area contributed by atoms with Gasteiger partial charge in [0.15, 0.2) is 0 Å². The van der Waals surface area contributed by atoms with Crippen molar-refractivity contribution < 1.29 is 17.9 Å². The van der Waals surface area contributed by atoms with Crippen LogP contribution in [0.25, 0.3) is 0 Å². The molecule has 11 heteroatoms. The quantitative estimate of drug-likeness (QED) is 0.559. The van der Waals surface area contributed by atoms with E-state index >= 15 is 0 Å². The fourth-order valence-corrected chi connectivity index (χ4v) is 4.23. The summed E-state index contributed by atoms with van der Waals surface area (Å²) >= 11 is 0. The molecule has 136 valence electrons. The molecule has 0 aliphatic carbocycles. The summed E-state index contributed by atoms with van der Waals surface area (Å²) in [4.78, 5) is 12.5. The molecule has 0 saturated carbocycles. The molecule has 0 bridgehead atoms. The van der Waals surface area contributed by atoms with Crippen molar-refractivity contribution >= 4 is 21.4 Å². The van der Waals surface area contributed by atoms with Crippen molar-refractivity contribution in [2.45, 2.75) is 5.75 Å². The molecule has 0 radical (unpaired) electrons. The number of benzene rings is 1. The zero-order valence-corrected chi connectivity index (χ0v) is 14.4. The normalized spacial score (nSPS) is 15.6. The van der Waals surface area contributed by atoms with E-state index in [0.717, 1.165) is 0 Å². The van der Waals surface area contributed by atoms with Crippen LogP contribution in [0.1, 0.15) is 11.3 Å². The Kier molecular flexibility index (Phi) is 4.88. The summed E-state index contributed by atoms with van der Waals surface area (Å²) in [6.07, 6.45) is 1.31. The van der Waals surface area contributed by atoms with E-state index < -0.39 is 14.9 Å². The van der Waals surface area contributed by atoms with E-state index in [2.05, 4.69) is 9.68 Å². The van der Waals surface area contributed by atoms with Crippen LogP contribution in [0, 0.1) is 21.4 Å². The lowest BCUT2D eigenvalue weighted by molar-refractivity contribution is -0.384. The number of nitriles is 1. The highest BCUT2D eigenvalue weighted by Crippen LogP contribution is 2.30. The molecule has 1 aromatic heterocycles. The van der Waals surface area contributed by atoms with E-state index in [1.807, 2.05) is 6.07 Å². The van der Waals surface area contributed by atoms with E-state index in [-0.39, 0.29) is 30.1 Å². The van der Waals surface area contributed by atoms with Crippen molar-refractivity contribution in [2.24, 2.45) is 0 Å². The third kappa shape index (κ3) is 3.66. The zero-order valence-electron chi connectivity index (χ0n) is 13.6. The van der Waals surface area contributed by atoms with E-state index in [1.54, 1.807) is 4.90 Å². The minimum absolute atomic E-state index is 0.164. The number of aromatic nitrogens is 1. The number of hydrogen-bond acceptors (Lipinski definition) is 8. The first-order valence-electron chi connectivity index (χ1n) is 7.71. The van der Waals surface area contributed by atoms with Gasteiger partial charge in [0, 0.05) is 38.3 Å². The Morgan fingerprint density at radius 2 is 2.00 bits per heavy atom. The Bertz CT molecular complexity index is 943. The highest BCUT2D eigenvalue weighted by atomic mass is 32.2. The number of anilines is 1. The molecule has 1 aliphatic heterocycles. The maximum absolute atomic E-state index is 12.4. The molecule has 2 aromatic rings. The average molecular weight is 377 g/mol. The van der Waals surface area contributed by atoms with E-state index in [1.165, 1.54) is 34.8 Å². The average Bonchev–Trinajstić information content (AvgIpc) is 3.13. The van der Waals surface area contributed by atoms with Gasteiger partial charge in [-0.05, 0) is 12.1 Å². The smallest absolute Gasteiger partial charge is 0.293 e. The summed E-state index contributed by atoms with van der Waals surface area (Å²) in [5.41, 5.74) is 0.745. The first-order chi connectivity index (χ1) is 12.4. The van der Waals surface area contributed by atoms with Crippen LogP contribution in [0.3, 0.4) is 0 Å². The Balaban J connectivity index is 1.73. The first kappa shape index (κ1) is 17.8. The number of sulfonamides is 1. The van der Waals surface area contributed by atoms with Crippen LogP contribution in [-0.2, 0) is 15.8 Å². The maximum atomic E-state index is 12.4. The second-order valence-corrected chi connectivity index (χ2v) is 7.67. The maximum Gasteiger partial charge on any atom is 0.293 e. The lowest BCUT2D eigenvalue weighted by Gasteiger charge is -2.34. The van der Waals surface area contributed by atoms with Gasteiger partial charge >= 0.3 is 0 Å². The molecule has 1 aromatic carbocycles. The van der Waals surface area contributed by atoms with Crippen molar-refractivity contribution in [3.05, 3.63) is 51.9 Å². The third-order valence-electron chi connectivity index (χ3n) is 4.10. The van der Waals surface area contributed by atoms with E-state index in [4.69, 9.17) is 5.26 Å². The Morgan fingerprint density at radius 3 is 2.58 bits per heavy atom. The second kappa shape index (κ2) is 7.11. The van der Waals surface area contributed by atoms with E-state index in [9.17, 15) is 18.5 Å². The van der Waals surface area contributed by atoms with Crippen LogP contribution in [0.5, 0.6) is 0 Å². The molecule has 3 rings (SSSR count). The number of nitro benzene ring substituents is 1. The lowest BCUT2D eigenvalue weighted by Crippen LogP contribution is -2.49. The van der Waals surface area contributed by atoms with Crippen LogP contribution in [0.2, 0.25) is 0 Å². The molecule has 0 unspecified atom stereocenters. The van der Waals surface area contributed by atoms with Gasteiger partial charge in [-0.25, -0.2) is 8.42 Å². The van der Waals surface area contributed by atoms with Gasteiger partial charge in [-0.2, -0.15) is 9.57 Å². The van der Waals surface area contributed by atoms with E-state index in [0.29, 0.717) is 24.5 Å². The van der Waals surface area contributed by atoms with Gasteiger partial charge in [0.25, 0.3) is 5.69 Å². The van der Waals surface area contributed by atoms with Crippen LogP contribution in [0.15, 0.2) is 35.1 Å². The highest BCUT2D eigenvalue weighted by molar-refractivity contribution is 7.88. The van der Waals surface area contributed by atoms with Crippen molar-refractivity contribution in [2.75, 3.05) is 31.1 Å². The summed E-state index contributed by atoms with van der Waals surface area (Å²) in [5, 5.41) is 23.8. The summed E-state index contributed by atoms with van der Waals surface area (Å²) in [5.74, 6) is -0.249. The number of piperazine rings is 1. The fraction of sp³-hybridized carbons (Fsp3) is 0.333. The molecule has 1 aliphatic rings. The molecule has 10 nitrogen and oxygen atoms in total. The Morgan fingerprint density at radius 1 is 1.27 bits per heavy atom. The van der Waals surface area contributed by atoms with Gasteiger partial charge in [0.1, 0.15) is 17.7 Å². The molecule has 0 amide bonds. The molecule has 0 spiro atoms. The number of hydrogen-bond donors (Lipinski definition) is 0. The molecule has 1 saturated heterocycles. The predicted molar refractivity (Wildman–Crippen MR) is 90.7 cm³/mol. The Labute approximate surface area is 149 Å². The monoisotopic (exact) mass is 377 g/mol. The number of rotatable bonds is 5. The van der Waals surface area contributed by atoms with Crippen LogP contribution in [0.4, 0.5) is 11.4 Å². The van der Waals surface area contributed by atoms with Crippen LogP contribution in [-0.4, -0.2) is 49.0 Å². The topological polar surface area (TPSA) is 134 Å². The van der Waals surface area contributed by atoms with Crippen molar-refractivity contribution in [3.63, 3.8) is 0 Å². The molecule has 0 atom stereocenters. The molecular formula is C15H15N5O5S. The van der Waals surface area contributed by atoms with Crippen molar-refractivity contribution in [3.8, 4) is 6.07 Å². The Hall–Kier alpha value is -2.97. The van der Waals surface area contributed by atoms with Gasteiger partial charge in [0.05, 0.1) is 22.2 Å². The standard InChI is InChI=1S/C15H15N5O5S/c16-10-12-1-2-14(15(9-12)20(21)22)18-4-6-19(7-5-18)26(23,24)11-13-3-8-25-17-13/h1-3,8-9H,4-7,11H2. The lowest BCUT2D eigenvalue weighted by atomic mass is 10.1. The number of nitro groups is 1. The SMILES string of the molecule is N#Cc1ccc(N2CCN(S(=O)(=O)Cc3ccon3)CC2)c([N+](=O)[O-])c1. The van der Waals surface area contributed by atoms with Crippen molar-refractivity contribution in [1.82, 2.24) is 9.46 Å². The summed E-state index contributed by atoms with van der Waals surface area (Å²) in [7, 11) is -3.54. The first-order valence-corrected chi connectivity index (χ1v) is 9.32. The van der Waals surface area contributed by atoms with Gasteiger partial charge in [-0.1, -0.05) is 5.16 Å². The molecule has 2 heterocycles. The second-order valence-electron chi connectivity index (χ2n) is 5.71. The largest absolute Gasteiger partial charge is 0.364 e. The summed E-state index contributed by atoms with van der Waals surface area (Å²) < 4.78 is 30.9. The minimum Gasteiger partial charge on any atom is -0.364 e. The molecular weight excluding hydrogens is 362 g/mol. The minimum atomic E-state index is -3.54. The fourth-order valence-electron chi connectivity index (χ4n) is 2.80. The molecule has 26 heavy (non-hydrogen) atoms. The van der Waals surface area contributed by atoms with Gasteiger partial charge < -0.3 is 9.42 Å². The summed E-state index contributed by atoms with van der Waals surface area (Å²) in [6, 6.07) is 7.63. The van der Waals surface area contributed by atoms with Gasteiger partial charge in [-0.15, -0.1) is 0 Å². The summed E-state index contributed by atoms with van der Waals surface area (Å²) in [6.45, 7) is 1.03. The number of nitrogens with zero attached hydrogens (tertiary/aromatic N) is 5. The zero-order chi connectivity index (χ0) is 18.7. The molecule has 0 N–H and O–H groups in total. The van der Waals surface area contributed by atoms with Crippen molar-refractivity contribution in [1.29, 1.82) is 5.26 Å². The predicted octanol–water partition coefficient (Wildman–Crippen LogP) is 1.11. The van der Waals surface area contributed by atoms with Gasteiger partial charge in [0.2, 0.25) is 10.0 Å². The van der Waals surface area contributed by atoms with Gasteiger partial charge in [-0.3, -0.25) is 10.1 Å². The third-order valence-corrected chi connectivity index (χ3v) is 5.91. The molecule has 1 fully saturated rings.